The molecule has 70 valence electrons. The molecule has 1 saturated carbocycles. The van der Waals surface area contributed by atoms with Gasteiger partial charge < -0.3 is 5.32 Å². The van der Waals surface area contributed by atoms with Crippen molar-refractivity contribution in [3.05, 3.63) is 0 Å². The predicted octanol–water partition coefficient (Wildman–Crippen LogP) is 2.27. The molecule has 1 saturated heterocycles. The fourth-order valence-corrected chi connectivity index (χ4v) is 2.42. The van der Waals surface area contributed by atoms with Crippen molar-refractivity contribution in [2.45, 2.75) is 50.7 Å². The van der Waals surface area contributed by atoms with Crippen molar-refractivity contribution in [1.29, 1.82) is 0 Å². The molecule has 12 heavy (non-hydrogen) atoms. The molecule has 1 N–H and O–H groups in total. The van der Waals surface area contributed by atoms with Crippen LogP contribution in [0.5, 0.6) is 0 Å². The van der Waals surface area contributed by atoms with E-state index in [9.17, 15) is 4.39 Å². The lowest BCUT2D eigenvalue weighted by Crippen LogP contribution is -2.49. The highest BCUT2D eigenvalue weighted by atomic mass is 19.1. The maximum Gasteiger partial charge on any atom is 0.126 e. The smallest absolute Gasteiger partial charge is 0.126 e. The third-order valence-electron chi connectivity index (χ3n) is 3.65. The summed E-state index contributed by atoms with van der Waals surface area (Å²) in [6, 6.07) is 0.141. The lowest BCUT2D eigenvalue weighted by Gasteiger charge is -2.40. The summed E-state index contributed by atoms with van der Waals surface area (Å²) in [5.74, 6) is 0.341. The molecule has 1 nitrogen and oxygen atoms in total. The summed E-state index contributed by atoms with van der Waals surface area (Å²) >= 11 is 0. The molecule has 2 unspecified atom stereocenters. The first kappa shape index (κ1) is 8.49. The van der Waals surface area contributed by atoms with E-state index in [4.69, 9.17) is 0 Å². The van der Waals surface area contributed by atoms with Crippen molar-refractivity contribution in [1.82, 2.24) is 5.32 Å². The molecule has 2 atom stereocenters. The van der Waals surface area contributed by atoms with E-state index in [1.54, 1.807) is 6.92 Å². The van der Waals surface area contributed by atoms with Crippen molar-refractivity contribution < 1.29 is 4.39 Å². The Kier molecular flexibility index (Phi) is 2.11. The van der Waals surface area contributed by atoms with Crippen LogP contribution in [-0.2, 0) is 0 Å². The molecule has 1 aliphatic carbocycles. The van der Waals surface area contributed by atoms with Gasteiger partial charge >= 0.3 is 0 Å². The summed E-state index contributed by atoms with van der Waals surface area (Å²) in [5, 5.41) is 3.27. The van der Waals surface area contributed by atoms with Crippen LogP contribution in [0.1, 0.15) is 39.0 Å². The van der Waals surface area contributed by atoms with Gasteiger partial charge in [-0.15, -0.1) is 0 Å². The van der Waals surface area contributed by atoms with Crippen LogP contribution in [0.15, 0.2) is 0 Å². The molecule has 2 heteroatoms. The summed E-state index contributed by atoms with van der Waals surface area (Å²) in [6.45, 7) is 2.80. The number of hydrogen-bond acceptors (Lipinski definition) is 1. The highest BCUT2D eigenvalue weighted by molar-refractivity contribution is 4.98. The van der Waals surface area contributed by atoms with Gasteiger partial charge in [-0.05, 0) is 45.1 Å². The van der Waals surface area contributed by atoms with Crippen molar-refractivity contribution in [2.24, 2.45) is 5.92 Å². The molecule has 0 aromatic carbocycles. The third kappa shape index (κ3) is 1.26. The normalized spacial score (nSPS) is 36.0. The first-order chi connectivity index (χ1) is 5.71. The molecule has 2 aliphatic rings. The molecule has 0 radical (unpaired) electrons. The summed E-state index contributed by atoms with van der Waals surface area (Å²) in [4.78, 5) is 0. The molecular formula is C10H18FN. The van der Waals surface area contributed by atoms with Gasteiger partial charge in [-0.3, -0.25) is 0 Å². The van der Waals surface area contributed by atoms with Crippen LogP contribution < -0.4 is 5.32 Å². The van der Waals surface area contributed by atoms with Crippen molar-refractivity contribution in [2.75, 3.05) is 6.54 Å². The number of hydrogen-bond donors (Lipinski definition) is 1. The molecule has 1 heterocycles. The molecule has 2 rings (SSSR count). The second-order valence-electron chi connectivity index (χ2n) is 4.43. The standard InChI is InChI=1S/C10H18FN/c1-10(11,8-4-2-5-8)9-6-3-7-12-9/h8-9,12H,2-7H2,1H3. The van der Waals surface area contributed by atoms with E-state index >= 15 is 0 Å². The quantitative estimate of drug-likeness (QED) is 0.672. The monoisotopic (exact) mass is 171 g/mol. The second kappa shape index (κ2) is 2.99. The number of rotatable bonds is 2. The van der Waals surface area contributed by atoms with Gasteiger partial charge in [-0.1, -0.05) is 6.42 Å². The van der Waals surface area contributed by atoms with Crippen LogP contribution in [-0.4, -0.2) is 18.3 Å². The van der Waals surface area contributed by atoms with Crippen LogP contribution >= 0.6 is 0 Å². The van der Waals surface area contributed by atoms with Gasteiger partial charge in [0, 0.05) is 6.04 Å². The zero-order valence-corrected chi connectivity index (χ0v) is 7.78. The molecule has 0 aromatic rings. The van der Waals surface area contributed by atoms with Crippen molar-refractivity contribution >= 4 is 0 Å². The maximum atomic E-state index is 14.2. The van der Waals surface area contributed by atoms with E-state index in [1.807, 2.05) is 0 Å². The molecule has 1 aliphatic heterocycles. The van der Waals surface area contributed by atoms with E-state index in [1.165, 1.54) is 6.42 Å². The number of nitrogens with one attached hydrogen (secondary N) is 1. The SMILES string of the molecule is CC(F)(C1CCC1)C1CCCN1. The van der Waals surface area contributed by atoms with Gasteiger partial charge in [0.05, 0.1) is 0 Å². The minimum absolute atomic E-state index is 0.141. The van der Waals surface area contributed by atoms with Gasteiger partial charge in [0.2, 0.25) is 0 Å². The molecule has 0 bridgehead atoms. The predicted molar refractivity (Wildman–Crippen MR) is 47.9 cm³/mol. The molecule has 2 fully saturated rings. The first-order valence-electron chi connectivity index (χ1n) is 5.13. The molecular weight excluding hydrogens is 153 g/mol. The average Bonchev–Trinajstić information content (AvgIpc) is 2.30. The van der Waals surface area contributed by atoms with Crippen LogP contribution in [0.2, 0.25) is 0 Å². The van der Waals surface area contributed by atoms with Gasteiger partial charge in [0.15, 0.2) is 0 Å². The Morgan fingerprint density at radius 3 is 2.42 bits per heavy atom. The Hall–Kier alpha value is -0.110. The fraction of sp³-hybridized carbons (Fsp3) is 1.00. The van der Waals surface area contributed by atoms with Crippen LogP contribution in [0, 0.1) is 5.92 Å². The molecule has 0 amide bonds. The zero-order chi connectivity index (χ0) is 8.60. The summed E-state index contributed by atoms with van der Waals surface area (Å²) in [5.41, 5.74) is -0.936. The Labute approximate surface area is 73.7 Å². The van der Waals surface area contributed by atoms with E-state index in [2.05, 4.69) is 5.32 Å². The second-order valence-corrected chi connectivity index (χ2v) is 4.43. The Balaban J connectivity index is 1.97. The minimum Gasteiger partial charge on any atom is -0.311 e. The van der Waals surface area contributed by atoms with Crippen molar-refractivity contribution in [3.63, 3.8) is 0 Å². The Morgan fingerprint density at radius 1 is 1.25 bits per heavy atom. The minimum atomic E-state index is -0.936. The van der Waals surface area contributed by atoms with Gasteiger partial charge in [-0.2, -0.15) is 0 Å². The third-order valence-corrected chi connectivity index (χ3v) is 3.65. The van der Waals surface area contributed by atoms with E-state index in [-0.39, 0.29) is 6.04 Å². The van der Waals surface area contributed by atoms with Crippen LogP contribution in [0.25, 0.3) is 0 Å². The molecule has 0 aromatic heterocycles. The van der Waals surface area contributed by atoms with E-state index in [0.29, 0.717) is 5.92 Å². The van der Waals surface area contributed by atoms with Gasteiger partial charge in [0.25, 0.3) is 0 Å². The summed E-state index contributed by atoms with van der Waals surface area (Å²) in [6.07, 6.45) is 5.62. The van der Waals surface area contributed by atoms with Crippen LogP contribution in [0.4, 0.5) is 4.39 Å². The van der Waals surface area contributed by atoms with Crippen molar-refractivity contribution in [3.8, 4) is 0 Å². The topological polar surface area (TPSA) is 12.0 Å². The first-order valence-corrected chi connectivity index (χ1v) is 5.13. The van der Waals surface area contributed by atoms with E-state index < -0.39 is 5.67 Å². The Morgan fingerprint density at radius 2 is 2.00 bits per heavy atom. The lowest BCUT2D eigenvalue weighted by atomic mass is 9.71. The number of alkyl halides is 1. The van der Waals surface area contributed by atoms with E-state index in [0.717, 1.165) is 32.2 Å². The zero-order valence-electron chi connectivity index (χ0n) is 7.78. The average molecular weight is 171 g/mol. The summed E-state index contributed by atoms with van der Waals surface area (Å²) in [7, 11) is 0. The lowest BCUT2D eigenvalue weighted by molar-refractivity contribution is 0.0188. The summed E-state index contributed by atoms with van der Waals surface area (Å²) < 4.78 is 14.2. The van der Waals surface area contributed by atoms with Crippen LogP contribution in [0.3, 0.4) is 0 Å². The molecule has 0 spiro atoms. The maximum absolute atomic E-state index is 14.2. The van der Waals surface area contributed by atoms with Gasteiger partial charge in [0.1, 0.15) is 5.67 Å². The largest absolute Gasteiger partial charge is 0.311 e. The number of halogens is 1. The highest BCUT2D eigenvalue weighted by Gasteiger charge is 2.45. The Bertz CT molecular complexity index is 157. The fourth-order valence-electron chi connectivity index (χ4n) is 2.42. The van der Waals surface area contributed by atoms with Gasteiger partial charge in [-0.25, -0.2) is 4.39 Å². The highest BCUT2D eigenvalue weighted by Crippen LogP contribution is 2.42.